The van der Waals surface area contributed by atoms with E-state index in [1.54, 1.807) is 101 Å². The third kappa shape index (κ3) is 29.3. The molecule has 0 radical (unpaired) electrons. The van der Waals surface area contributed by atoms with E-state index in [9.17, 15) is 67.1 Å². The van der Waals surface area contributed by atoms with Gasteiger partial charge in [0, 0.05) is 45.2 Å². The van der Waals surface area contributed by atoms with E-state index in [2.05, 4.69) is 16.0 Å². The number of nitrogens with one attached hydrogen (secondary N) is 3. The zero-order valence-corrected chi connectivity index (χ0v) is 57.7. The SMILES string of the molecule is C.CC(C)(C)OC(=O)N1C=CC[C@H]1C(N)=O.CC(C)(C)OC(=O)N1[C@H](C(N)=O)C[C@@H]2C[C@@H]21.CCOC(=O)[C@@H]1CC=CN1C(=O)OC(C)(C)C.CCOC(=O)[C@@H]1CCC(=O)N1.CCOC(=O)[C@@H]1CCC(=O)N1C(=O)OC(C)(C)C.F.NC(=O)[C@@H]1C[C@@H]2C[C@@H]2N1.O=C1CC[C@@H](C(=O)O)N1.[HH]. The summed E-state index contributed by atoms with van der Waals surface area (Å²) in [5, 5.41) is 16.3. The average Bonchev–Trinajstić information content (AvgIpc) is 1.59. The number of nitrogens with two attached hydrogens (primary N) is 3. The number of esters is 3. The Balaban J connectivity index is 0.00000113. The minimum Gasteiger partial charge on any atom is -0.480 e. The molecular formula is C64H107FN10O22. The monoisotopic (exact) mass is 1390 g/mol. The first-order chi connectivity index (χ1) is 43.9. The van der Waals surface area contributed by atoms with Crippen LogP contribution in [0.5, 0.6) is 0 Å². The summed E-state index contributed by atoms with van der Waals surface area (Å²) in [6.07, 6.45) is 11.3. The zero-order chi connectivity index (χ0) is 72.2. The maximum atomic E-state index is 11.9. The topological polar surface area (TPSA) is 451 Å². The van der Waals surface area contributed by atoms with E-state index in [0.29, 0.717) is 70.1 Å². The lowest BCUT2D eigenvalue weighted by atomic mass is 10.1. The van der Waals surface area contributed by atoms with E-state index >= 15 is 0 Å². The summed E-state index contributed by atoms with van der Waals surface area (Å²) in [5.41, 5.74) is 13.1. The van der Waals surface area contributed by atoms with Crippen LogP contribution in [0.15, 0.2) is 24.6 Å². The van der Waals surface area contributed by atoms with Gasteiger partial charge >= 0.3 is 48.3 Å². The number of likely N-dealkylation sites (tertiary alicyclic amines) is 2. The minimum atomic E-state index is -0.944. The number of ether oxygens (including phenoxy) is 7. The molecule has 0 aromatic rings. The van der Waals surface area contributed by atoms with Gasteiger partial charge in [0.25, 0.3) is 0 Å². The van der Waals surface area contributed by atoms with Crippen molar-refractivity contribution in [2.45, 2.75) is 265 Å². The molecule has 97 heavy (non-hydrogen) atoms. The third-order valence-corrected chi connectivity index (χ3v) is 14.5. The van der Waals surface area contributed by atoms with Crippen LogP contribution in [0, 0.1) is 11.8 Å². The summed E-state index contributed by atoms with van der Waals surface area (Å²) in [6.45, 7) is 27.2. The Bertz CT molecular complexity index is 2860. The fraction of sp³-hybridized carbons (Fsp3) is 0.719. The molecule has 7 heterocycles. The maximum Gasteiger partial charge on any atom is 0.417 e. The average molecular weight is 1390 g/mol. The Hall–Kier alpha value is -8.65. The quantitative estimate of drug-likeness (QED) is 0.114. The van der Waals surface area contributed by atoms with E-state index < -0.39 is 119 Å². The zero-order valence-electron chi connectivity index (χ0n) is 57.7. The highest BCUT2D eigenvalue weighted by Gasteiger charge is 2.57. The van der Waals surface area contributed by atoms with Crippen molar-refractivity contribution in [2.75, 3.05) is 19.8 Å². The molecule has 2 aliphatic carbocycles. The lowest BCUT2D eigenvalue weighted by Gasteiger charge is -2.28. The van der Waals surface area contributed by atoms with Crippen molar-refractivity contribution in [2.24, 2.45) is 29.0 Å². The summed E-state index contributed by atoms with van der Waals surface area (Å²) in [7, 11) is 0. The molecule has 9 rings (SSSR count). The number of imide groups is 1. The minimum absolute atomic E-state index is 0. The van der Waals surface area contributed by atoms with Gasteiger partial charge in [-0.2, -0.15) is 0 Å². The van der Waals surface area contributed by atoms with E-state index in [-0.39, 0.29) is 68.8 Å². The molecule has 10 amide bonds. The third-order valence-electron chi connectivity index (χ3n) is 14.5. The second-order valence-corrected chi connectivity index (χ2v) is 27.2. The van der Waals surface area contributed by atoms with E-state index in [0.717, 1.165) is 23.7 Å². The molecule has 33 heteroatoms. The van der Waals surface area contributed by atoms with Crippen molar-refractivity contribution in [3.05, 3.63) is 24.6 Å². The van der Waals surface area contributed by atoms with Gasteiger partial charge in [-0.1, -0.05) is 19.6 Å². The first-order valence-electron chi connectivity index (χ1n) is 31.8. The van der Waals surface area contributed by atoms with E-state index in [1.165, 1.54) is 27.3 Å². The summed E-state index contributed by atoms with van der Waals surface area (Å²) < 4.78 is 35.2. The smallest absolute Gasteiger partial charge is 0.417 e. The molecular weight excluding hydrogens is 1280 g/mol. The fourth-order valence-electron chi connectivity index (χ4n) is 10.1. The number of carbonyl (C=O) groups is 14. The number of nitrogens with zero attached hydrogens (tertiary/aromatic N) is 4. The molecule has 5 saturated heterocycles. The van der Waals surface area contributed by atoms with Crippen LogP contribution < -0.4 is 33.2 Å². The number of carbonyl (C=O) groups excluding carboxylic acids is 13. The number of aliphatic carboxylic acids is 1. The highest BCUT2D eigenvalue weighted by atomic mass is 19.0. The van der Waals surface area contributed by atoms with Crippen LogP contribution in [0.1, 0.15) is 190 Å². The van der Waals surface area contributed by atoms with Gasteiger partial charge in [0.2, 0.25) is 35.4 Å². The Morgan fingerprint density at radius 3 is 1.31 bits per heavy atom. The summed E-state index contributed by atoms with van der Waals surface area (Å²) in [4.78, 5) is 162. The predicted molar refractivity (Wildman–Crippen MR) is 348 cm³/mol. The van der Waals surface area contributed by atoms with Gasteiger partial charge in [0.1, 0.15) is 58.7 Å². The van der Waals surface area contributed by atoms with Crippen molar-refractivity contribution in [3.8, 4) is 0 Å². The number of piperidine rings is 2. The first kappa shape index (κ1) is 86.4. The Morgan fingerprint density at radius 1 is 0.505 bits per heavy atom. The van der Waals surface area contributed by atoms with E-state index in [4.69, 9.17) is 55.5 Å². The van der Waals surface area contributed by atoms with Crippen LogP contribution in [0.2, 0.25) is 0 Å². The van der Waals surface area contributed by atoms with Gasteiger partial charge < -0.3 is 71.4 Å². The highest BCUT2D eigenvalue weighted by molar-refractivity contribution is 5.99. The lowest BCUT2D eigenvalue weighted by Crippen LogP contribution is -2.47. The van der Waals surface area contributed by atoms with Gasteiger partial charge in [-0.3, -0.25) is 48.2 Å². The molecule has 9 aliphatic rings. The Morgan fingerprint density at radius 2 is 0.928 bits per heavy atom. The second-order valence-electron chi connectivity index (χ2n) is 27.2. The number of halogens is 1. The number of amides is 10. The van der Waals surface area contributed by atoms with Crippen LogP contribution in [-0.4, -0.2) is 205 Å². The second kappa shape index (κ2) is 37.8. The number of rotatable bonds is 10. The molecule has 7 fully saturated rings. The molecule has 7 aliphatic heterocycles. The molecule has 0 unspecified atom stereocenters. The van der Waals surface area contributed by atoms with Crippen molar-refractivity contribution in [1.29, 1.82) is 0 Å². The Labute approximate surface area is 567 Å². The molecule has 11 atom stereocenters. The molecule has 2 saturated carbocycles. The van der Waals surface area contributed by atoms with Gasteiger partial charge in [-0.25, -0.2) is 43.3 Å². The standard InChI is InChI=1S/C12H19NO5.C12H19NO4.C11H18N2O3.C10H16N2O3.C7H11NO3.C6H10N2O.C5H7NO3.CH4.FH.H2/c1-5-17-10(15)8-6-7-9(14)13(8)11(16)18-12(2,3)4;1-5-16-10(14)9-7-6-8-13(9)11(15)17-12(2,3)4;1-11(2,3)16-10(15)13-7-4-6(7)5-8(13)9(12)14;1-10(2,3)15-9(14)12-6-4-5-7(12)8(11)13;1-2-11-7(10)5-3-4-6(9)8-5;7-6(9)5-2-3-1-4(3)8-5;7-4-2-1-3(6-4)5(8)9;;;/h8H,5-7H2,1-4H3;6,8-9H,5,7H2,1-4H3;6-8H,4-5H2,1-3H3,(H2,12,14);4,6-7H,5H2,1-3H3,(H2,11,13);5H,2-4H2,1H3,(H,8,9);3-5,8H,1-2H2,(H2,7,9);3H,1-2H2,(H,6,7)(H,8,9);1H4;2*1H/t8-;9-;6-,7-,8-;7-;5-;3-,4-,5-;3-;;;/m0000000.../s1. The van der Waals surface area contributed by atoms with Crippen LogP contribution >= 0.6 is 0 Å². The van der Waals surface area contributed by atoms with Gasteiger partial charge in [0.15, 0.2) is 0 Å². The van der Waals surface area contributed by atoms with Crippen molar-refractivity contribution in [1.82, 2.24) is 35.6 Å². The number of fused-ring (bicyclic) bond motifs is 2. The van der Waals surface area contributed by atoms with Crippen molar-refractivity contribution < 1.29 is 112 Å². The van der Waals surface area contributed by atoms with Gasteiger partial charge in [-0.05, 0) is 173 Å². The van der Waals surface area contributed by atoms with E-state index in [1.807, 2.05) is 20.8 Å². The van der Waals surface area contributed by atoms with Crippen LogP contribution in [-0.2, 0) is 81.1 Å². The normalized spacial score (nSPS) is 24.9. The molecule has 0 aromatic carbocycles. The molecule has 0 aromatic heterocycles. The van der Waals surface area contributed by atoms with Crippen LogP contribution in [0.4, 0.5) is 23.9 Å². The van der Waals surface area contributed by atoms with Gasteiger partial charge in [0.05, 0.1) is 25.9 Å². The number of hydrogen-bond donors (Lipinski definition) is 7. The summed E-state index contributed by atoms with van der Waals surface area (Å²) in [5.74, 6) is -2.79. The lowest BCUT2D eigenvalue weighted by molar-refractivity contribution is -0.151. The number of primary amides is 3. The van der Waals surface area contributed by atoms with Crippen LogP contribution in [0.3, 0.4) is 0 Å². The number of carboxylic acid groups (broad SMARTS) is 1. The predicted octanol–water partition coefficient (Wildman–Crippen LogP) is 4.85. The number of hydrogen-bond acceptors (Lipinski definition) is 22. The molecule has 552 valence electrons. The molecule has 10 N–H and O–H groups in total. The first-order valence-corrected chi connectivity index (χ1v) is 31.8. The highest BCUT2D eigenvalue weighted by Crippen LogP contribution is 2.48. The van der Waals surface area contributed by atoms with Crippen LogP contribution in [0.25, 0.3) is 0 Å². The largest absolute Gasteiger partial charge is 0.480 e. The fourth-order valence-corrected chi connectivity index (χ4v) is 10.1. The molecule has 32 nitrogen and oxygen atoms in total. The Kier molecular flexibility index (Phi) is 33.6. The summed E-state index contributed by atoms with van der Waals surface area (Å²) in [6, 6.07) is -2.79. The molecule has 0 spiro atoms. The van der Waals surface area contributed by atoms with Crippen molar-refractivity contribution in [3.63, 3.8) is 0 Å². The molecule has 0 bridgehead atoms. The maximum absolute atomic E-state index is 11.9. The van der Waals surface area contributed by atoms with Gasteiger partial charge in [-0.15, -0.1) is 0 Å². The summed E-state index contributed by atoms with van der Waals surface area (Å²) >= 11 is 0. The number of carboxylic acids is 1. The van der Waals surface area contributed by atoms with Crippen molar-refractivity contribution >= 4 is 83.7 Å².